The number of aromatic carboxylic acids is 1. The van der Waals surface area contributed by atoms with Crippen LogP contribution in [-0.2, 0) is 17.8 Å². The van der Waals surface area contributed by atoms with Crippen LogP contribution in [0.25, 0.3) is 0 Å². The van der Waals surface area contributed by atoms with Gasteiger partial charge in [0.2, 0.25) is 5.91 Å². The van der Waals surface area contributed by atoms with Crippen molar-refractivity contribution in [2.75, 3.05) is 6.61 Å². The standard InChI is InChI=1S/C19H21NO4/c1-2-11-24-17-9-5-15(6-10-17)13-20-18(21)12-14-3-7-16(8-4-14)19(22)23/h3-10H,2,11-13H2,1H3,(H,20,21)(H,22,23). The smallest absolute Gasteiger partial charge is 0.335 e. The van der Waals surface area contributed by atoms with E-state index in [0.29, 0.717) is 13.2 Å². The SMILES string of the molecule is CCCOc1ccc(CNC(=O)Cc2ccc(C(=O)O)cc2)cc1. The zero-order chi connectivity index (χ0) is 17.4. The highest BCUT2D eigenvalue weighted by Crippen LogP contribution is 2.12. The largest absolute Gasteiger partial charge is 0.494 e. The summed E-state index contributed by atoms with van der Waals surface area (Å²) in [7, 11) is 0. The third kappa shape index (κ3) is 5.43. The number of hydrogen-bond donors (Lipinski definition) is 2. The van der Waals surface area contributed by atoms with Gasteiger partial charge in [0, 0.05) is 6.54 Å². The Labute approximate surface area is 141 Å². The number of rotatable bonds is 8. The first-order chi connectivity index (χ1) is 11.6. The number of carboxylic acids is 1. The molecule has 0 unspecified atom stereocenters. The minimum Gasteiger partial charge on any atom is -0.494 e. The van der Waals surface area contributed by atoms with E-state index in [0.717, 1.165) is 23.3 Å². The first-order valence-electron chi connectivity index (χ1n) is 7.89. The molecule has 0 saturated heterocycles. The van der Waals surface area contributed by atoms with Crippen LogP contribution in [0.15, 0.2) is 48.5 Å². The number of amides is 1. The Morgan fingerprint density at radius 1 is 1.00 bits per heavy atom. The predicted octanol–water partition coefficient (Wildman–Crippen LogP) is 3.03. The van der Waals surface area contributed by atoms with Crippen LogP contribution in [0.3, 0.4) is 0 Å². The summed E-state index contributed by atoms with van der Waals surface area (Å²) in [5, 5.41) is 11.7. The van der Waals surface area contributed by atoms with E-state index in [1.807, 2.05) is 24.3 Å². The van der Waals surface area contributed by atoms with E-state index >= 15 is 0 Å². The van der Waals surface area contributed by atoms with Crippen LogP contribution < -0.4 is 10.1 Å². The molecule has 0 spiro atoms. The van der Waals surface area contributed by atoms with E-state index in [1.165, 1.54) is 12.1 Å². The van der Waals surface area contributed by atoms with Gasteiger partial charge in [-0.05, 0) is 41.8 Å². The Morgan fingerprint density at radius 3 is 2.21 bits per heavy atom. The number of ether oxygens (including phenoxy) is 1. The van der Waals surface area contributed by atoms with Crippen LogP contribution in [-0.4, -0.2) is 23.6 Å². The summed E-state index contributed by atoms with van der Waals surface area (Å²) in [5.74, 6) is -0.257. The average Bonchev–Trinajstić information content (AvgIpc) is 2.59. The highest BCUT2D eigenvalue weighted by molar-refractivity contribution is 5.87. The summed E-state index contributed by atoms with van der Waals surface area (Å²) >= 11 is 0. The van der Waals surface area contributed by atoms with Crippen molar-refractivity contribution >= 4 is 11.9 Å². The number of carbonyl (C=O) groups is 2. The van der Waals surface area contributed by atoms with Gasteiger partial charge >= 0.3 is 5.97 Å². The molecule has 0 saturated carbocycles. The van der Waals surface area contributed by atoms with Crippen LogP contribution in [0.1, 0.15) is 34.8 Å². The van der Waals surface area contributed by atoms with E-state index in [2.05, 4.69) is 12.2 Å². The molecule has 2 aromatic carbocycles. The highest BCUT2D eigenvalue weighted by Gasteiger charge is 2.06. The molecule has 0 fully saturated rings. The lowest BCUT2D eigenvalue weighted by molar-refractivity contribution is -0.120. The quantitative estimate of drug-likeness (QED) is 0.781. The van der Waals surface area contributed by atoms with Gasteiger partial charge in [0.1, 0.15) is 5.75 Å². The molecule has 0 bridgehead atoms. The van der Waals surface area contributed by atoms with E-state index in [-0.39, 0.29) is 17.9 Å². The third-order valence-electron chi connectivity index (χ3n) is 3.45. The second kappa shape index (κ2) is 8.72. The van der Waals surface area contributed by atoms with Gasteiger partial charge in [0.25, 0.3) is 0 Å². The van der Waals surface area contributed by atoms with Gasteiger partial charge in [-0.2, -0.15) is 0 Å². The van der Waals surface area contributed by atoms with Gasteiger partial charge in [0.05, 0.1) is 18.6 Å². The van der Waals surface area contributed by atoms with Crippen LogP contribution >= 0.6 is 0 Å². The molecule has 1 amide bonds. The second-order valence-electron chi connectivity index (χ2n) is 5.45. The Kier molecular flexibility index (Phi) is 6.37. The van der Waals surface area contributed by atoms with Crippen molar-refractivity contribution in [2.45, 2.75) is 26.3 Å². The molecule has 0 aromatic heterocycles. The van der Waals surface area contributed by atoms with Crippen molar-refractivity contribution in [2.24, 2.45) is 0 Å². The van der Waals surface area contributed by atoms with Crippen LogP contribution in [0.5, 0.6) is 5.75 Å². The molecule has 0 aliphatic heterocycles. The number of hydrogen-bond acceptors (Lipinski definition) is 3. The molecule has 0 radical (unpaired) electrons. The van der Waals surface area contributed by atoms with Gasteiger partial charge in [0.15, 0.2) is 0 Å². The summed E-state index contributed by atoms with van der Waals surface area (Å²) in [5.41, 5.74) is 1.98. The maximum atomic E-state index is 12.0. The summed E-state index contributed by atoms with van der Waals surface area (Å²) in [6.07, 6.45) is 1.18. The first-order valence-corrected chi connectivity index (χ1v) is 7.89. The number of carboxylic acid groups (broad SMARTS) is 1. The minimum atomic E-state index is -0.975. The van der Waals surface area contributed by atoms with E-state index < -0.39 is 5.97 Å². The fourth-order valence-corrected chi connectivity index (χ4v) is 2.14. The summed E-state index contributed by atoms with van der Waals surface area (Å²) in [6, 6.07) is 13.9. The highest BCUT2D eigenvalue weighted by atomic mass is 16.5. The molecule has 0 atom stereocenters. The molecule has 0 aliphatic carbocycles. The lowest BCUT2D eigenvalue weighted by Crippen LogP contribution is -2.24. The zero-order valence-electron chi connectivity index (χ0n) is 13.6. The number of benzene rings is 2. The summed E-state index contributed by atoms with van der Waals surface area (Å²) in [6.45, 7) is 3.19. The lowest BCUT2D eigenvalue weighted by Gasteiger charge is -2.08. The maximum Gasteiger partial charge on any atom is 0.335 e. The average molecular weight is 327 g/mol. The Hall–Kier alpha value is -2.82. The minimum absolute atomic E-state index is 0.107. The van der Waals surface area contributed by atoms with E-state index in [1.54, 1.807) is 12.1 Å². The predicted molar refractivity (Wildman–Crippen MR) is 91.2 cm³/mol. The summed E-state index contributed by atoms with van der Waals surface area (Å²) < 4.78 is 5.51. The second-order valence-corrected chi connectivity index (χ2v) is 5.45. The van der Waals surface area contributed by atoms with Crippen LogP contribution in [0.2, 0.25) is 0 Å². The molecule has 0 heterocycles. The zero-order valence-corrected chi connectivity index (χ0v) is 13.6. The molecule has 5 heteroatoms. The van der Waals surface area contributed by atoms with Crippen molar-refractivity contribution in [3.8, 4) is 5.75 Å². The molecular formula is C19H21NO4. The Bertz CT molecular complexity index is 678. The molecule has 24 heavy (non-hydrogen) atoms. The van der Waals surface area contributed by atoms with Crippen LogP contribution in [0.4, 0.5) is 0 Å². The van der Waals surface area contributed by atoms with Gasteiger partial charge in [-0.15, -0.1) is 0 Å². The van der Waals surface area contributed by atoms with Crippen LogP contribution in [0, 0.1) is 0 Å². The molecule has 0 aliphatic rings. The topological polar surface area (TPSA) is 75.6 Å². The third-order valence-corrected chi connectivity index (χ3v) is 3.45. The molecule has 5 nitrogen and oxygen atoms in total. The molecule has 2 N–H and O–H groups in total. The fourth-order valence-electron chi connectivity index (χ4n) is 2.14. The first kappa shape index (κ1) is 17.5. The van der Waals surface area contributed by atoms with Gasteiger partial charge in [-0.3, -0.25) is 4.79 Å². The number of nitrogens with one attached hydrogen (secondary N) is 1. The van der Waals surface area contributed by atoms with Crippen molar-refractivity contribution in [1.82, 2.24) is 5.32 Å². The van der Waals surface area contributed by atoms with Crippen molar-refractivity contribution in [1.29, 1.82) is 0 Å². The molecule has 2 rings (SSSR count). The molecule has 126 valence electrons. The van der Waals surface area contributed by atoms with Gasteiger partial charge in [-0.1, -0.05) is 31.2 Å². The fraction of sp³-hybridized carbons (Fsp3) is 0.263. The van der Waals surface area contributed by atoms with Crippen molar-refractivity contribution in [3.63, 3.8) is 0 Å². The van der Waals surface area contributed by atoms with Crippen molar-refractivity contribution < 1.29 is 19.4 Å². The Morgan fingerprint density at radius 2 is 1.62 bits per heavy atom. The Balaban J connectivity index is 1.81. The molecule has 2 aromatic rings. The number of carbonyl (C=O) groups excluding carboxylic acids is 1. The van der Waals surface area contributed by atoms with E-state index in [4.69, 9.17) is 9.84 Å². The van der Waals surface area contributed by atoms with Crippen molar-refractivity contribution in [3.05, 3.63) is 65.2 Å². The van der Waals surface area contributed by atoms with Gasteiger partial charge in [-0.25, -0.2) is 4.79 Å². The maximum absolute atomic E-state index is 12.0. The van der Waals surface area contributed by atoms with Gasteiger partial charge < -0.3 is 15.2 Å². The van der Waals surface area contributed by atoms with E-state index in [9.17, 15) is 9.59 Å². The molecular weight excluding hydrogens is 306 g/mol. The monoisotopic (exact) mass is 327 g/mol. The lowest BCUT2D eigenvalue weighted by atomic mass is 10.1. The summed E-state index contributed by atoms with van der Waals surface area (Å²) in [4.78, 5) is 22.7. The normalized spacial score (nSPS) is 10.2.